The normalized spacial score (nSPS) is 10.8. The average Bonchev–Trinajstić information content (AvgIpc) is 2.79. The second kappa shape index (κ2) is 10.2. The van der Waals surface area contributed by atoms with Crippen LogP contribution in [-0.4, -0.2) is 31.8 Å². The van der Waals surface area contributed by atoms with Gasteiger partial charge in [-0.2, -0.15) is 5.26 Å². The van der Waals surface area contributed by atoms with Crippen molar-refractivity contribution in [2.24, 2.45) is 0 Å². The number of aromatic nitrogens is 1. The summed E-state index contributed by atoms with van der Waals surface area (Å²) in [6, 6.07) is 8.81. The first-order valence-corrected chi connectivity index (χ1v) is 10.2. The molecule has 1 heterocycles. The summed E-state index contributed by atoms with van der Waals surface area (Å²) < 4.78 is 15.7. The fourth-order valence-electron chi connectivity index (χ4n) is 3.03. The van der Waals surface area contributed by atoms with Crippen molar-refractivity contribution in [3.63, 3.8) is 0 Å². The summed E-state index contributed by atoms with van der Waals surface area (Å²) >= 11 is 12.5. The molecular weight excluding hydrogens is 453 g/mol. The van der Waals surface area contributed by atoms with Crippen LogP contribution in [0.1, 0.15) is 18.1 Å². The lowest BCUT2D eigenvalue weighted by molar-refractivity contribution is -0.137. The Hall–Kier alpha value is -3.47. The van der Waals surface area contributed by atoms with Crippen LogP contribution in [0.25, 0.3) is 17.0 Å². The van der Waals surface area contributed by atoms with E-state index >= 15 is 0 Å². The number of halogens is 2. The van der Waals surface area contributed by atoms with Gasteiger partial charge < -0.3 is 19.5 Å². The van der Waals surface area contributed by atoms with Crippen molar-refractivity contribution >= 4 is 57.5 Å². The second-order valence-electron chi connectivity index (χ2n) is 6.45. The number of fused-ring (bicyclic) bond motifs is 1. The van der Waals surface area contributed by atoms with Gasteiger partial charge in [0.2, 0.25) is 0 Å². The van der Waals surface area contributed by atoms with E-state index in [1.807, 2.05) is 0 Å². The number of benzene rings is 2. The van der Waals surface area contributed by atoms with Crippen molar-refractivity contribution in [1.29, 1.82) is 5.26 Å². The Morgan fingerprint density at radius 3 is 2.56 bits per heavy atom. The summed E-state index contributed by atoms with van der Waals surface area (Å²) in [7, 11) is 3.01. The number of carbonyl (C=O) groups excluding carboxylic acids is 1. The molecule has 9 heteroatoms. The summed E-state index contributed by atoms with van der Waals surface area (Å²) in [6.07, 6.45) is 4.36. The van der Waals surface area contributed by atoms with E-state index in [4.69, 9.17) is 37.4 Å². The molecule has 0 radical (unpaired) electrons. The second-order valence-corrected chi connectivity index (χ2v) is 7.26. The molecule has 0 spiro atoms. The fraction of sp³-hybridized carbons (Fsp3) is 0.174. The third kappa shape index (κ3) is 4.88. The van der Waals surface area contributed by atoms with Gasteiger partial charge in [0, 0.05) is 29.3 Å². The van der Waals surface area contributed by atoms with E-state index in [2.05, 4.69) is 16.4 Å². The summed E-state index contributed by atoms with van der Waals surface area (Å²) in [5, 5.41) is 14.2. The molecule has 0 saturated heterocycles. The lowest BCUT2D eigenvalue weighted by atomic mass is 10.0. The molecule has 2 aromatic carbocycles. The van der Waals surface area contributed by atoms with Gasteiger partial charge in [0.1, 0.15) is 17.6 Å². The van der Waals surface area contributed by atoms with E-state index in [1.165, 1.54) is 26.5 Å². The molecule has 0 atom stereocenters. The molecule has 0 aliphatic rings. The number of nitrogens with zero attached hydrogens (tertiary/aromatic N) is 2. The summed E-state index contributed by atoms with van der Waals surface area (Å²) in [4.78, 5) is 16.1. The Balaban J connectivity index is 2.14. The monoisotopic (exact) mass is 471 g/mol. The molecule has 0 amide bonds. The van der Waals surface area contributed by atoms with E-state index in [0.717, 1.165) is 0 Å². The topological polar surface area (TPSA) is 93.5 Å². The van der Waals surface area contributed by atoms with Gasteiger partial charge in [-0.1, -0.05) is 23.2 Å². The van der Waals surface area contributed by atoms with Crippen molar-refractivity contribution in [3.05, 3.63) is 57.7 Å². The molecule has 0 bridgehead atoms. The first-order chi connectivity index (χ1) is 15.4. The number of rotatable bonds is 7. The van der Waals surface area contributed by atoms with Crippen molar-refractivity contribution < 1.29 is 19.0 Å². The standard InChI is InChI=1S/C23H19Cl2N3O4/c1-4-32-22(29)6-5-13-7-18-15(8-20(13)30-2)23(14(11-26)12-27-18)28-19-10-21(31-3)17(25)9-16(19)24/h5-10,12H,4H2,1-3H3,(H,27,28). The van der Waals surface area contributed by atoms with Crippen LogP contribution in [0, 0.1) is 11.3 Å². The number of ether oxygens (including phenoxy) is 3. The zero-order valence-corrected chi connectivity index (χ0v) is 19.0. The van der Waals surface area contributed by atoms with Gasteiger partial charge in [-0.3, -0.25) is 4.98 Å². The maximum atomic E-state index is 11.7. The van der Waals surface area contributed by atoms with Crippen molar-refractivity contribution in [1.82, 2.24) is 4.98 Å². The minimum absolute atomic E-state index is 0.281. The molecule has 7 nitrogen and oxygen atoms in total. The van der Waals surface area contributed by atoms with Crippen LogP contribution in [0.2, 0.25) is 10.0 Å². The van der Waals surface area contributed by atoms with Crippen LogP contribution in [0.5, 0.6) is 11.5 Å². The maximum absolute atomic E-state index is 11.7. The Bertz CT molecular complexity index is 1250. The Kier molecular flexibility index (Phi) is 7.41. The molecule has 1 aromatic heterocycles. The Morgan fingerprint density at radius 2 is 1.91 bits per heavy atom. The van der Waals surface area contributed by atoms with Gasteiger partial charge in [0.25, 0.3) is 0 Å². The Labute approximate surface area is 195 Å². The number of anilines is 2. The molecule has 0 aliphatic heterocycles. The largest absolute Gasteiger partial charge is 0.496 e. The molecule has 3 rings (SSSR count). The van der Waals surface area contributed by atoms with Crippen LogP contribution < -0.4 is 14.8 Å². The first kappa shape index (κ1) is 23.2. The number of carbonyl (C=O) groups is 1. The average molecular weight is 472 g/mol. The molecule has 0 aliphatic carbocycles. The highest BCUT2D eigenvalue weighted by Crippen LogP contribution is 2.39. The van der Waals surface area contributed by atoms with E-state index in [0.29, 0.717) is 54.9 Å². The van der Waals surface area contributed by atoms with Crippen LogP contribution in [0.15, 0.2) is 36.5 Å². The van der Waals surface area contributed by atoms with E-state index in [-0.39, 0.29) is 6.61 Å². The number of pyridine rings is 1. The molecule has 0 saturated carbocycles. The third-order valence-corrected chi connectivity index (χ3v) is 5.13. The van der Waals surface area contributed by atoms with E-state index in [1.54, 1.807) is 37.3 Å². The quantitative estimate of drug-likeness (QED) is 0.346. The van der Waals surface area contributed by atoms with Gasteiger partial charge in [-0.15, -0.1) is 0 Å². The zero-order chi connectivity index (χ0) is 23.3. The first-order valence-electron chi connectivity index (χ1n) is 9.47. The smallest absolute Gasteiger partial charge is 0.330 e. The predicted octanol–water partition coefficient (Wildman–Crippen LogP) is 5.75. The highest BCUT2D eigenvalue weighted by molar-refractivity contribution is 6.37. The minimum Gasteiger partial charge on any atom is -0.496 e. The van der Waals surface area contributed by atoms with Gasteiger partial charge in [0.15, 0.2) is 0 Å². The molecular formula is C23H19Cl2N3O4. The fourth-order valence-corrected chi connectivity index (χ4v) is 3.53. The van der Waals surface area contributed by atoms with Gasteiger partial charge >= 0.3 is 5.97 Å². The van der Waals surface area contributed by atoms with E-state index < -0.39 is 5.97 Å². The van der Waals surface area contributed by atoms with Gasteiger partial charge in [-0.25, -0.2) is 4.79 Å². The molecule has 164 valence electrons. The van der Waals surface area contributed by atoms with Crippen molar-refractivity contribution in [2.75, 3.05) is 26.1 Å². The van der Waals surface area contributed by atoms with Crippen LogP contribution in [-0.2, 0) is 9.53 Å². The number of nitriles is 1. The van der Waals surface area contributed by atoms with Crippen molar-refractivity contribution in [2.45, 2.75) is 6.92 Å². The van der Waals surface area contributed by atoms with Crippen LogP contribution in [0.4, 0.5) is 11.4 Å². The lowest BCUT2D eigenvalue weighted by Crippen LogP contribution is -2.00. The molecule has 3 aromatic rings. The lowest BCUT2D eigenvalue weighted by Gasteiger charge is -2.16. The summed E-state index contributed by atoms with van der Waals surface area (Å²) in [5.41, 5.74) is 2.50. The van der Waals surface area contributed by atoms with Crippen LogP contribution >= 0.6 is 23.2 Å². The van der Waals surface area contributed by atoms with Crippen LogP contribution in [0.3, 0.4) is 0 Å². The number of hydrogen-bond acceptors (Lipinski definition) is 7. The SMILES string of the molecule is CCOC(=O)C=Cc1cc2ncc(C#N)c(Nc3cc(OC)c(Cl)cc3Cl)c2cc1OC. The van der Waals surface area contributed by atoms with Crippen molar-refractivity contribution in [3.8, 4) is 17.6 Å². The number of hydrogen-bond donors (Lipinski definition) is 1. The highest BCUT2D eigenvalue weighted by atomic mass is 35.5. The highest BCUT2D eigenvalue weighted by Gasteiger charge is 2.15. The van der Waals surface area contributed by atoms with E-state index in [9.17, 15) is 10.1 Å². The summed E-state index contributed by atoms with van der Waals surface area (Å²) in [5.74, 6) is 0.452. The van der Waals surface area contributed by atoms with Gasteiger partial charge in [0.05, 0.1) is 53.3 Å². The zero-order valence-electron chi connectivity index (χ0n) is 17.5. The number of esters is 1. The molecule has 1 N–H and O–H groups in total. The number of nitrogens with one attached hydrogen (secondary N) is 1. The Morgan fingerprint density at radius 1 is 1.16 bits per heavy atom. The molecule has 32 heavy (non-hydrogen) atoms. The predicted molar refractivity (Wildman–Crippen MR) is 125 cm³/mol. The number of methoxy groups -OCH3 is 2. The third-order valence-electron chi connectivity index (χ3n) is 4.53. The minimum atomic E-state index is -0.462. The molecule has 0 fully saturated rings. The maximum Gasteiger partial charge on any atom is 0.330 e. The molecule has 0 unspecified atom stereocenters. The van der Waals surface area contributed by atoms with Gasteiger partial charge in [-0.05, 0) is 31.2 Å². The summed E-state index contributed by atoms with van der Waals surface area (Å²) in [6.45, 7) is 2.01.